The Bertz CT molecular complexity index is 689. The third-order valence-corrected chi connectivity index (χ3v) is 3.15. The molecule has 0 aliphatic heterocycles. The largest absolute Gasteiger partial charge is 0.399 e. The maximum atomic E-state index is 5.92. The van der Waals surface area contributed by atoms with Crippen molar-refractivity contribution in [3.05, 3.63) is 42.7 Å². The highest BCUT2D eigenvalue weighted by molar-refractivity contribution is 7.99. The molecule has 6 heteroatoms. The molecular formula is C13H13N5S. The molecule has 0 aliphatic rings. The van der Waals surface area contributed by atoms with Crippen LogP contribution in [-0.4, -0.2) is 20.9 Å². The smallest absolute Gasteiger partial charge is 0.154 e. The molecule has 0 saturated carbocycles. The van der Waals surface area contributed by atoms with Crippen LogP contribution in [0.5, 0.6) is 0 Å². The summed E-state index contributed by atoms with van der Waals surface area (Å²) in [7, 11) is 0. The average molecular weight is 271 g/mol. The van der Waals surface area contributed by atoms with Gasteiger partial charge in [-0.3, -0.25) is 0 Å². The van der Waals surface area contributed by atoms with E-state index in [1.54, 1.807) is 10.7 Å². The molecule has 3 aromatic rings. The highest BCUT2D eigenvalue weighted by Crippen LogP contribution is 2.26. The van der Waals surface area contributed by atoms with Crippen molar-refractivity contribution in [2.75, 3.05) is 16.7 Å². The van der Waals surface area contributed by atoms with Gasteiger partial charge in [0.05, 0.1) is 11.9 Å². The van der Waals surface area contributed by atoms with Gasteiger partial charge in [-0.2, -0.15) is 5.10 Å². The zero-order valence-electron chi connectivity index (χ0n) is 10.4. The second kappa shape index (κ2) is 4.81. The van der Waals surface area contributed by atoms with Crippen LogP contribution < -0.4 is 10.5 Å². The zero-order valence-corrected chi connectivity index (χ0v) is 11.2. The van der Waals surface area contributed by atoms with Crippen molar-refractivity contribution in [1.82, 2.24) is 14.6 Å². The molecule has 2 heterocycles. The number of nitrogens with two attached hydrogens (primary N) is 1. The Balaban J connectivity index is 2.09. The molecule has 0 aliphatic carbocycles. The fraction of sp³-hybridized carbons (Fsp3) is 0.0769. The molecule has 3 rings (SSSR count). The first-order chi connectivity index (χ1) is 9.26. The van der Waals surface area contributed by atoms with E-state index in [-0.39, 0.29) is 0 Å². The second-order valence-corrected chi connectivity index (χ2v) is 4.71. The summed E-state index contributed by atoms with van der Waals surface area (Å²) < 4.78 is 4.93. The summed E-state index contributed by atoms with van der Waals surface area (Å²) in [6, 6.07) is 9.62. The van der Waals surface area contributed by atoms with E-state index in [1.807, 2.05) is 42.8 Å². The van der Waals surface area contributed by atoms with Crippen LogP contribution in [-0.2, 0) is 0 Å². The van der Waals surface area contributed by atoms with Crippen molar-refractivity contribution in [3.8, 4) is 11.3 Å². The van der Waals surface area contributed by atoms with Gasteiger partial charge in [-0.1, -0.05) is 11.9 Å². The molecule has 0 saturated heterocycles. The lowest BCUT2D eigenvalue weighted by molar-refractivity contribution is 0.936. The van der Waals surface area contributed by atoms with Gasteiger partial charge < -0.3 is 10.5 Å². The van der Waals surface area contributed by atoms with Gasteiger partial charge in [0, 0.05) is 29.4 Å². The fourth-order valence-corrected chi connectivity index (χ4v) is 2.30. The summed E-state index contributed by atoms with van der Waals surface area (Å²) >= 11 is 1.53. The third-order valence-electron chi connectivity index (χ3n) is 2.71. The lowest BCUT2D eigenvalue weighted by Gasteiger charge is -2.06. The monoisotopic (exact) mass is 271 g/mol. The summed E-state index contributed by atoms with van der Waals surface area (Å²) in [5.41, 5.74) is 10.2. The summed E-state index contributed by atoms with van der Waals surface area (Å²) in [5.74, 6) is 0. The molecule has 5 nitrogen and oxygen atoms in total. The molecule has 0 atom stereocenters. The molecule has 0 amide bonds. The predicted octanol–water partition coefficient (Wildman–Crippen LogP) is 2.67. The number of fused-ring (bicyclic) bond motifs is 1. The topological polar surface area (TPSA) is 68.2 Å². The molecular weight excluding hydrogens is 258 g/mol. The molecule has 0 bridgehead atoms. The number of benzene rings is 1. The number of imidazole rings is 1. The van der Waals surface area contributed by atoms with Gasteiger partial charge in [0.15, 0.2) is 5.65 Å². The maximum Gasteiger partial charge on any atom is 0.154 e. The SMILES string of the molecule is CSNc1cc(N)cc(-c2cn3ncccc3n2)c1. The van der Waals surface area contributed by atoms with Crippen LogP contribution in [0, 0.1) is 0 Å². The predicted molar refractivity (Wildman–Crippen MR) is 80.0 cm³/mol. The molecule has 3 N–H and O–H groups in total. The summed E-state index contributed by atoms with van der Waals surface area (Å²) in [4.78, 5) is 4.54. The molecule has 2 aromatic heterocycles. The van der Waals surface area contributed by atoms with Crippen LogP contribution in [0.4, 0.5) is 11.4 Å². The van der Waals surface area contributed by atoms with E-state index >= 15 is 0 Å². The molecule has 0 radical (unpaired) electrons. The standard InChI is InChI=1S/C13H13N5S/c1-19-17-11-6-9(5-10(14)7-11)12-8-18-13(16-12)3-2-4-15-18/h2-8,17H,14H2,1H3. The van der Waals surface area contributed by atoms with E-state index in [4.69, 9.17) is 5.73 Å². The number of rotatable bonds is 3. The highest BCUT2D eigenvalue weighted by atomic mass is 32.2. The molecule has 19 heavy (non-hydrogen) atoms. The normalized spacial score (nSPS) is 10.8. The van der Waals surface area contributed by atoms with E-state index in [1.165, 1.54) is 11.9 Å². The summed E-state index contributed by atoms with van der Waals surface area (Å²) in [6.07, 6.45) is 5.60. The lowest BCUT2D eigenvalue weighted by atomic mass is 10.1. The molecule has 0 unspecified atom stereocenters. The van der Waals surface area contributed by atoms with Gasteiger partial charge in [0.25, 0.3) is 0 Å². The zero-order chi connectivity index (χ0) is 13.2. The summed E-state index contributed by atoms with van der Waals surface area (Å²) in [6.45, 7) is 0. The van der Waals surface area contributed by atoms with Crippen LogP contribution in [0.2, 0.25) is 0 Å². The average Bonchev–Trinajstić information content (AvgIpc) is 2.82. The van der Waals surface area contributed by atoms with Crippen molar-refractivity contribution >= 4 is 29.0 Å². The number of hydrogen-bond donors (Lipinski definition) is 2. The van der Waals surface area contributed by atoms with Gasteiger partial charge in [0.1, 0.15) is 0 Å². The summed E-state index contributed by atoms with van der Waals surface area (Å²) in [5, 5.41) is 4.21. The van der Waals surface area contributed by atoms with Crippen molar-refractivity contribution < 1.29 is 0 Å². The molecule has 0 fully saturated rings. The van der Waals surface area contributed by atoms with Crippen molar-refractivity contribution in [1.29, 1.82) is 0 Å². The van der Waals surface area contributed by atoms with Gasteiger partial charge in [-0.25, -0.2) is 9.50 Å². The third kappa shape index (κ3) is 2.34. The number of nitrogens with zero attached hydrogens (tertiary/aromatic N) is 3. The quantitative estimate of drug-likeness (QED) is 0.566. The van der Waals surface area contributed by atoms with Gasteiger partial charge in [-0.15, -0.1) is 0 Å². The number of nitrogens with one attached hydrogen (secondary N) is 1. The Morgan fingerprint density at radius 2 is 2.21 bits per heavy atom. The Morgan fingerprint density at radius 3 is 3.00 bits per heavy atom. The Kier molecular flexibility index (Phi) is 3.00. The number of aromatic nitrogens is 3. The first kappa shape index (κ1) is 11.9. The van der Waals surface area contributed by atoms with Gasteiger partial charge in [-0.05, 0) is 30.3 Å². The molecule has 0 spiro atoms. The number of nitrogen functional groups attached to an aromatic ring is 1. The molecule has 1 aromatic carbocycles. The minimum Gasteiger partial charge on any atom is -0.399 e. The first-order valence-corrected chi connectivity index (χ1v) is 6.99. The van der Waals surface area contributed by atoms with Crippen molar-refractivity contribution in [2.24, 2.45) is 0 Å². The molecule has 96 valence electrons. The Labute approximate surface area is 115 Å². The fourth-order valence-electron chi connectivity index (χ4n) is 1.95. The first-order valence-electron chi connectivity index (χ1n) is 5.76. The number of anilines is 2. The van der Waals surface area contributed by atoms with Crippen LogP contribution in [0.15, 0.2) is 42.7 Å². The minimum absolute atomic E-state index is 0.707. The second-order valence-electron chi connectivity index (χ2n) is 4.10. The lowest BCUT2D eigenvalue weighted by Crippen LogP contribution is -1.91. The van der Waals surface area contributed by atoms with E-state index in [9.17, 15) is 0 Å². The number of hydrogen-bond acceptors (Lipinski definition) is 5. The van der Waals surface area contributed by atoms with Crippen LogP contribution >= 0.6 is 11.9 Å². The van der Waals surface area contributed by atoms with Gasteiger partial charge >= 0.3 is 0 Å². The van der Waals surface area contributed by atoms with E-state index in [2.05, 4.69) is 14.8 Å². The van der Waals surface area contributed by atoms with Crippen molar-refractivity contribution in [3.63, 3.8) is 0 Å². The minimum atomic E-state index is 0.707. The van der Waals surface area contributed by atoms with E-state index < -0.39 is 0 Å². The Hall–Kier alpha value is -2.21. The van der Waals surface area contributed by atoms with Crippen molar-refractivity contribution in [2.45, 2.75) is 0 Å². The van der Waals surface area contributed by atoms with Crippen LogP contribution in [0.3, 0.4) is 0 Å². The van der Waals surface area contributed by atoms with Gasteiger partial charge in [0.2, 0.25) is 0 Å². The van der Waals surface area contributed by atoms with E-state index in [0.29, 0.717) is 5.69 Å². The van der Waals surface area contributed by atoms with Crippen LogP contribution in [0.1, 0.15) is 0 Å². The highest BCUT2D eigenvalue weighted by Gasteiger charge is 2.06. The van der Waals surface area contributed by atoms with E-state index in [0.717, 1.165) is 22.6 Å². The maximum absolute atomic E-state index is 5.92. The van der Waals surface area contributed by atoms with Crippen LogP contribution in [0.25, 0.3) is 16.9 Å². The Morgan fingerprint density at radius 1 is 1.32 bits per heavy atom.